The van der Waals surface area contributed by atoms with Gasteiger partial charge in [-0.15, -0.1) is 11.3 Å². The van der Waals surface area contributed by atoms with Crippen molar-refractivity contribution in [3.63, 3.8) is 0 Å². The van der Waals surface area contributed by atoms with Gasteiger partial charge in [-0.2, -0.15) is 0 Å². The molecule has 0 radical (unpaired) electrons. The molecule has 0 spiro atoms. The van der Waals surface area contributed by atoms with Crippen LogP contribution < -0.4 is 10.1 Å². The summed E-state index contributed by atoms with van der Waals surface area (Å²) in [5.74, 6) is 0.254. The van der Waals surface area contributed by atoms with Crippen LogP contribution in [-0.2, 0) is 5.54 Å². The molecule has 0 amide bonds. The van der Waals surface area contributed by atoms with E-state index >= 15 is 0 Å². The van der Waals surface area contributed by atoms with Crippen LogP contribution in [0, 0.1) is 12.7 Å². The van der Waals surface area contributed by atoms with Gasteiger partial charge in [-0.25, -0.2) is 9.37 Å². The van der Waals surface area contributed by atoms with Crippen molar-refractivity contribution in [1.29, 1.82) is 0 Å². The van der Waals surface area contributed by atoms with Gasteiger partial charge in [-0.05, 0) is 50.5 Å². The maximum Gasteiger partial charge on any atom is 0.123 e. The third kappa shape index (κ3) is 3.88. The van der Waals surface area contributed by atoms with Crippen LogP contribution >= 0.6 is 11.3 Å². The van der Waals surface area contributed by atoms with E-state index in [9.17, 15) is 9.50 Å². The highest BCUT2D eigenvalue weighted by atomic mass is 32.1. The Morgan fingerprint density at radius 2 is 2.13 bits per heavy atom. The number of aromatic nitrogens is 1. The molecule has 0 saturated heterocycles. The SMILES string of the molecule is Cc1csc(C2(NCC(O)COc3ccc(F)cc3)CCC2)n1. The second kappa shape index (κ2) is 6.95. The maximum absolute atomic E-state index is 12.8. The molecule has 3 rings (SSSR count). The number of ether oxygens (including phenoxy) is 1. The zero-order valence-corrected chi connectivity index (χ0v) is 13.9. The average Bonchev–Trinajstić information content (AvgIpc) is 2.92. The molecule has 6 heteroatoms. The number of hydrogen-bond donors (Lipinski definition) is 2. The van der Waals surface area contributed by atoms with E-state index in [1.165, 1.54) is 18.6 Å². The minimum Gasteiger partial charge on any atom is -0.491 e. The topological polar surface area (TPSA) is 54.4 Å². The maximum atomic E-state index is 12.8. The number of hydrogen-bond acceptors (Lipinski definition) is 5. The van der Waals surface area contributed by atoms with Crippen LogP contribution in [0.25, 0.3) is 0 Å². The Hall–Kier alpha value is -1.50. The predicted octanol–water partition coefficient (Wildman–Crippen LogP) is 3.00. The fourth-order valence-corrected chi connectivity index (χ4v) is 3.70. The summed E-state index contributed by atoms with van der Waals surface area (Å²) in [6.07, 6.45) is 2.64. The number of aliphatic hydroxyl groups excluding tert-OH is 1. The first kappa shape index (κ1) is 16.4. The third-order valence-electron chi connectivity index (χ3n) is 4.17. The Labute approximate surface area is 139 Å². The molecule has 1 aliphatic rings. The molecule has 4 nitrogen and oxygen atoms in total. The van der Waals surface area contributed by atoms with Crippen molar-refractivity contribution >= 4 is 11.3 Å². The van der Waals surface area contributed by atoms with Crippen LogP contribution in [0.3, 0.4) is 0 Å². The summed E-state index contributed by atoms with van der Waals surface area (Å²) in [6, 6.07) is 5.80. The van der Waals surface area contributed by atoms with E-state index in [4.69, 9.17) is 4.74 Å². The summed E-state index contributed by atoms with van der Waals surface area (Å²) < 4.78 is 18.3. The zero-order chi connectivity index (χ0) is 16.3. The highest BCUT2D eigenvalue weighted by Crippen LogP contribution is 2.42. The Balaban J connectivity index is 1.50. The Bertz CT molecular complexity index is 640. The number of thiazole rings is 1. The molecule has 1 aromatic carbocycles. The van der Waals surface area contributed by atoms with E-state index in [1.807, 2.05) is 6.92 Å². The number of nitrogens with one attached hydrogen (secondary N) is 1. The van der Waals surface area contributed by atoms with Gasteiger partial charge in [0.2, 0.25) is 0 Å². The lowest BCUT2D eigenvalue weighted by molar-refractivity contribution is 0.0816. The van der Waals surface area contributed by atoms with Crippen LogP contribution in [0.2, 0.25) is 0 Å². The van der Waals surface area contributed by atoms with Crippen molar-refractivity contribution in [3.05, 3.63) is 46.2 Å². The second-order valence-electron chi connectivity index (χ2n) is 6.03. The minimum atomic E-state index is -0.626. The highest BCUT2D eigenvalue weighted by molar-refractivity contribution is 7.09. The zero-order valence-electron chi connectivity index (χ0n) is 13.1. The highest BCUT2D eigenvalue weighted by Gasteiger charge is 2.41. The molecule has 1 heterocycles. The Morgan fingerprint density at radius 1 is 1.39 bits per heavy atom. The van der Waals surface area contributed by atoms with E-state index < -0.39 is 6.10 Å². The quantitative estimate of drug-likeness (QED) is 0.816. The van der Waals surface area contributed by atoms with Gasteiger partial charge in [0.05, 0.1) is 5.54 Å². The predicted molar refractivity (Wildman–Crippen MR) is 88.3 cm³/mol. The summed E-state index contributed by atoms with van der Waals surface area (Å²) in [5, 5.41) is 16.8. The largest absolute Gasteiger partial charge is 0.491 e. The number of rotatable bonds is 7. The number of halogens is 1. The molecule has 1 saturated carbocycles. The van der Waals surface area contributed by atoms with Crippen molar-refractivity contribution < 1.29 is 14.2 Å². The Morgan fingerprint density at radius 3 is 2.70 bits per heavy atom. The summed E-state index contributed by atoms with van der Waals surface area (Å²) in [7, 11) is 0. The van der Waals surface area contributed by atoms with Crippen LogP contribution in [0.4, 0.5) is 4.39 Å². The summed E-state index contributed by atoms with van der Waals surface area (Å²) in [6.45, 7) is 2.61. The lowest BCUT2D eigenvalue weighted by Crippen LogP contribution is -2.51. The fraction of sp³-hybridized carbons (Fsp3) is 0.471. The van der Waals surface area contributed by atoms with Gasteiger partial charge in [0.15, 0.2) is 0 Å². The molecule has 0 bridgehead atoms. The van der Waals surface area contributed by atoms with Gasteiger partial charge in [-0.1, -0.05) is 0 Å². The molecule has 1 atom stereocenters. The standard InChI is InChI=1S/C17H21FN2O2S/c1-12-11-23-16(20-12)17(7-2-8-17)19-9-14(21)10-22-15-5-3-13(18)4-6-15/h3-6,11,14,19,21H,2,7-10H2,1H3. The normalized spacial score (nSPS) is 17.5. The van der Waals surface area contributed by atoms with Gasteiger partial charge in [-0.3, -0.25) is 0 Å². The van der Waals surface area contributed by atoms with E-state index in [1.54, 1.807) is 23.5 Å². The molecular formula is C17H21FN2O2S. The first-order valence-electron chi connectivity index (χ1n) is 7.81. The van der Waals surface area contributed by atoms with Gasteiger partial charge >= 0.3 is 0 Å². The van der Waals surface area contributed by atoms with Gasteiger partial charge in [0.1, 0.15) is 29.3 Å². The summed E-state index contributed by atoms with van der Waals surface area (Å²) in [4.78, 5) is 4.59. The van der Waals surface area contributed by atoms with Crippen LogP contribution in [0.1, 0.15) is 30.0 Å². The lowest BCUT2D eigenvalue weighted by Gasteiger charge is -2.41. The van der Waals surface area contributed by atoms with Crippen molar-refractivity contribution in [2.24, 2.45) is 0 Å². The molecule has 1 aromatic heterocycles. The van der Waals surface area contributed by atoms with Crippen LogP contribution in [0.15, 0.2) is 29.6 Å². The number of benzene rings is 1. The summed E-state index contributed by atoms with van der Waals surface area (Å²) in [5.41, 5.74) is 0.953. The van der Waals surface area contributed by atoms with Gasteiger partial charge in [0.25, 0.3) is 0 Å². The molecule has 0 aliphatic heterocycles. The average molecular weight is 336 g/mol. The van der Waals surface area contributed by atoms with Crippen molar-refractivity contribution in [1.82, 2.24) is 10.3 Å². The van der Waals surface area contributed by atoms with Gasteiger partial charge < -0.3 is 15.2 Å². The first-order valence-corrected chi connectivity index (χ1v) is 8.69. The van der Waals surface area contributed by atoms with Gasteiger partial charge in [0, 0.05) is 17.6 Å². The minimum absolute atomic E-state index is 0.0875. The van der Waals surface area contributed by atoms with Crippen molar-refractivity contribution in [2.45, 2.75) is 37.8 Å². The third-order valence-corrected chi connectivity index (χ3v) is 5.33. The number of aryl methyl sites for hydroxylation is 1. The summed E-state index contributed by atoms with van der Waals surface area (Å²) >= 11 is 1.67. The Kier molecular flexibility index (Phi) is 4.94. The van der Waals surface area contributed by atoms with E-state index in [2.05, 4.69) is 15.7 Å². The monoisotopic (exact) mass is 336 g/mol. The molecule has 124 valence electrons. The molecule has 1 fully saturated rings. The number of nitrogens with zero attached hydrogens (tertiary/aromatic N) is 1. The van der Waals surface area contributed by atoms with Crippen molar-refractivity contribution in [3.8, 4) is 5.75 Å². The molecule has 1 unspecified atom stereocenters. The smallest absolute Gasteiger partial charge is 0.123 e. The first-order chi connectivity index (χ1) is 11.1. The molecule has 23 heavy (non-hydrogen) atoms. The van der Waals surface area contributed by atoms with E-state index in [-0.39, 0.29) is 18.0 Å². The van der Waals surface area contributed by atoms with E-state index in [0.717, 1.165) is 23.5 Å². The van der Waals surface area contributed by atoms with E-state index in [0.29, 0.717) is 12.3 Å². The molecule has 1 aliphatic carbocycles. The van der Waals surface area contributed by atoms with Crippen LogP contribution in [-0.4, -0.2) is 29.3 Å². The fourth-order valence-electron chi connectivity index (χ4n) is 2.67. The molecular weight excluding hydrogens is 315 g/mol. The molecule has 2 N–H and O–H groups in total. The van der Waals surface area contributed by atoms with Crippen molar-refractivity contribution in [2.75, 3.05) is 13.2 Å². The second-order valence-corrected chi connectivity index (χ2v) is 6.89. The van der Waals surface area contributed by atoms with Crippen LogP contribution in [0.5, 0.6) is 5.75 Å². The number of aliphatic hydroxyl groups is 1. The molecule has 2 aromatic rings. The lowest BCUT2D eigenvalue weighted by atomic mass is 9.77.